The molecule has 1 aliphatic heterocycles. The summed E-state index contributed by atoms with van der Waals surface area (Å²) in [7, 11) is 1.72. The molecule has 0 saturated carbocycles. The van der Waals surface area contributed by atoms with E-state index in [1.54, 1.807) is 7.11 Å². The van der Waals surface area contributed by atoms with Crippen LogP contribution >= 0.6 is 0 Å². The lowest BCUT2D eigenvalue weighted by atomic mass is 10.1. The monoisotopic (exact) mass is 189 g/mol. The molecule has 0 unspecified atom stereocenters. The Kier molecular flexibility index (Phi) is 7.23. The van der Waals surface area contributed by atoms with E-state index in [9.17, 15) is 0 Å². The number of ether oxygens (including phenoxy) is 2. The molecule has 3 heteroatoms. The summed E-state index contributed by atoms with van der Waals surface area (Å²) in [6.45, 7) is 8.72. The van der Waals surface area contributed by atoms with E-state index in [4.69, 9.17) is 9.47 Å². The average Bonchev–Trinajstić information content (AvgIpc) is 2.23. The van der Waals surface area contributed by atoms with E-state index in [1.807, 2.05) is 20.8 Å². The molecule has 3 nitrogen and oxygen atoms in total. The molecule has 1 fully saturated rings. The molecule has 0 aromatic rings. The first-order valence-corrected chi connectivity index (χ1v) is 5.23. The predicted molar refractivity (Wildman–Crippen MR) is 54.8 cm³/mol. The number of nitrogens with one attached hydrogen (secondary N) is 1. The van der Waals surface area contributed by atoms with E-state index in [-0.39, 0.29) is 5.79 Å². The molecule has 0 radical (unpaired) electrons. The van der Waals surface area contributed by atoms with Gasteiger partial charge in [-0.2, -0.15) is 0 Å². The van der Waals surface area contributed by atoms with Crippen molar-refractivity contribution >= 4 is 0 Å². The van der Waals surface area contributed by atoms with Gasteiger partial charge in [0.25, 0.3) is 0 Å². The van der Waals surface area contributed by atoms with Crippen molar-refractivity contribution in [3.05, 3.63) is 0 Å². The van der Waals surface area contributed by atoms with E-state index in [0.29, 0.717) is 0 Å². The number of rotatable bonds is 3. The second-order valence-corrected chi connectivity index (χ2v) is 2.80. The normalized spacial score (nSPS) is 20.3. The molecule has 0 bridgehead atoms. The first-order valence-electron chi connectivity index (χ1n) is 5.23. The summed E-state index contributed by atoms with van der Waals surface area (Å²) >= 11 is 0. The summed E-state index contributed by atoms with van der Waals surface area (Å²) in [5.41, 5.74) is 0. The van der Waals surface area contributed by atoms with Gasteiger partial charge in [-0.3, -0.25) is 0 Å². The zero-order valence-electron chi connectivity index (χ0n) is 9.35. The fraction of sp³-hybridized carbons (Fsp3) is 1.00. The zero-order valence-corrected chi connectivity index (χ0v) is 9.35. The van der Waals surface area contributed by atoms with Crippen LogP contribution in [0.15, 0.2) is 0 Å². The fourth-order valence-electron chi connectivity index (χ4n) is 1.48. The van der Waals surface area contributed by atoms with Crippen molar-refractivity contribution in [3.8, 4) is 0 Å². The summed E-state index contributed by atoms with van der Waals surface area (Å²) in [6, 6.07) is 0. The SMILES string of the molecule is CC.CCOC1(OC)CCNCC1. The second kappa shape index (κ2) is 7.30. The number of hydrogen-bond donors (Lipinski definition) is 1. The average molecular weight is 189 g/mol. The molecule has 0 aromatic carbocycles. The molecule has 0 aliphatic carbocycles. The maximum absolute atomic E-state index is 5.56. The molecular weight excluding hydrogens is 166 g/mol. The predicted octanol–water partition coefficient (Wildman–Crippen LogP) is 1.78. The van der Waals surface area contributed by atoms with Crippen LogP contribution in [0.2, 0.25) is 0 Å². The summed E-state index contributed by atoms with van der Waals surface area (Å²) in [6.07, 6.45) is 1.91. The van der Waals surface area contributed by atoms with E-state index >= 15 is 0 Å². The minimum absolute atomic E-state index is 0.292. The van der Waals surface area contributed by atoms with E-state index < -0.39 is 0 Å². The van der Waals surface area contributed by atoms with Gasteiger partial charge in [0.1, 0.15) is 0 Å². The van der Waals surface area contributed by atoms with Gasteiger partial charge in [0.2, 0.25) is 0 Å². The molecule has 1 aliphatic rings. The summed E-state index contributed by atoms with van der Waals surface area (Å²) in [5.74, 6) is -0.292. The lowest BCUT2D eigenvalue weighted by Crippen LogP contribution is -2.45. The quantitative estimate of drug-likeness (QED) is 0.686. The fourth-order valence-corrected chi connectivity index (χ4v) is 1.48. The largest absolute Gasteiger partial charge is 0.353 e. The standard InChI is InChI=1S/C8H17NO2.C2H6/c1-3-11-8(10-2)4-6-9-7-5-8;1-2/h9H,3-7H2,1-2H3;1-2H3. The molecular formula is C10H23NO2. The molecule has 0 aromatic heterocycles. The Morgan fingerprint density at radius 3 is 2.15 bits per heavy atom. The third-order valence-corrected chi connectivity index (χ3v) is 2.14. The summed E-state index contributed by atoms with van der Waals surface area (Å²) < 4.78 is 10.9. The van der Waals surface area contributed by atoms with Gasteiger partial charge in [-0.25, -0.2) is 0 Å². The Hall–Kier alpha value is -0.120. The Bertz CT molecular complexity index is 106. The molecule has 1 heterocycles. The molecule has 0 atom stereocenters. The van der Waals surface area contributed by atoms with Crippen LogP contribution in [0.3, 0.4) is 0 Å². The van der Waals surface area contributed by atoms with Crippen molar-refractivity contribution in [1.29, 1.82) is 0 Å². The highest BCUT2D eigenvalue weighted by atomic mass is 16.7. The highest BCUT2D eigenvalue weighted by Crippen LogP contribution is 2.23. The lowest BCUT2D eigenvalue weighted by molar-refractivity contribution is -0.232. The highest BCUT2D eigenvalue weighted by Gasteiger charge is 2.31. The third-order valence-electron chi connectivity index (χ3n) is 2.14. The highest BCUT2D eigenvalue weighted by molar-refractivity contribution is 4.76. The van der Waals surface area contributed by atoms with Crippen LogP contribution in [0.25, 0.3) is 0 Å². The number of piperidine rings is 1. The van der Waals surface area contributed by atoms with Gasteiger partial charge in [0, 0.05) is 39.6 Å². The van der Waals surface area contributed by atoms with Gasteiger partial charge in [0.05, 0.1) is 0 Å². The first kappa shape index (κ1) is 12.9. The van der Waals surface area contributed by atoms with Crippen LogP contribution in [0.1, 0.15) is 33.6 Å². The Morgan fingerprint density at radius 1 is 1.23 bits per heavy atom. The minimum atomic E-state index is -0.292. The Balaban J connectivity index is 0.000000671. The Labute approximate surface area is 81.8 Å². The molecule has 0 spiro atoms. The van der Waals surface area contributed by atoms with Gasteiger partial charge in [-0.15, -0.1) is 0 Å². The molecule has 1 rings (SSSR count). The molecule has 1 saturated heterocycles. The van der Waals surface area contributed by atoms with Crippen molar-refractivity contribution in [2.45, 2.75) is 39.4 Å². The van der Waals surface area contributed by atoms with Crippen molar-refractivity contribution in [1.82, 2.24) is 5.32 Å². The number of hydrogen-bond acceptors (Lipinski definition) is 3. The second-order valence-electron chi connectivity index (χ2n) is 2.80. The molecule has 13 heavy (non-hydrogen) atoms. The maximum atomic E-state index is 5.56. The third kappa shape index (κ3) is 4.07. The van der Waals surface area contributed by atoms with Gasteiger partial charge in [-0.1, -0.05) is 13.8 Å². The first-order chi connectivity index (χ1) is 6.33. The summed E-state index contributed by atoms with van der Waals surface area (Å²) in [4.78, 5) is 0. The summed E-state index contributed by atoms with van der Waals surface area (Å²) in [5, 5.41) is 3.27. The zero-order chi connectivity index (χ0) is 10.2. The van der Waals surface area contributed by atoms with Crippen LogP contribution in [-0.2, 0) is 9.47 Å². The van der Waals surface area contributed by atoms with Crippen LogP contribution in [0.5, 0.6) is 0 Å². The lowest BCUT2D eigenvalue weighted by Gasteiger charge is -2.35. The van der Waals surface area contributed by atoms with Gasteiger partial charge in [-0.05, 0) is 6.92 Å². The number of methoxy groups -OCH3 is 1. The maximum Gasteiger partial charge on any atom is 0.170 e. The van der Waals surface area contributed by atoms with Gasteiger partial charge >= 0.3 is 0 Å². The topological polar surface area (TPSA) is 30.5 Å². The van der Waals surface area contributed by atoms with Gasteiger partial charge in [0.15, 0.2) is 5.79 Å². The molecule has 80 valence electrons. The van der Waals surface area contributed by atoms with E-state index in [0.717, 1.165) is 32.5 Å². The van der Waals surface area contributed by atoms with Crippen molar-refractivity contribution in [2.75, 3.05) is 26.8 Å². The van der Waals surface area contributed by atoms with Crippen LogP contribution in [0, 0.1) is 0 Å². The Morgan fingerprint density at radius 2 is 1.77 bits per heavy atom. The van der Waals surface area contributed by atoms with E-state index in [1.165, 1.54) is 0 Å². The minimum Gasteiger partial charge on any atom is -0.353 e. The van der Waals surface area contributed by atoms with Crippen molar-refractivity contribution in [3.63, 3.8) is 0 Å². The van der Waals surface area contributed by atoms with Crippen molar-refractivity contribution < 1.29 is 9.47 Å². The molecule has 1 N–H and O–H groups in total. The van der Waals surface area contributed by atoms with Crippen LogP contribution < -0.4 is 5.32 Å². The van der Waals surface area contributed by atoms with Crippen LogP contribution in [0.4, 0.5) is 0 Å². The molecule has 0 amide bonds. The van der Waals surface area contributed by atoms with Crippen LogP contribution in [-0.4, -0.2) is 32.6 Å². The van der Waals surface area contributed by atoms with Gasteiger partial charge < -0.3 is 14.8 Å². The van der Waals surface area contributed by atoms with Crippen molar-refractivity contribution in [2.24, 2.45) is 0 Å². The van der Waals surface area contributed by atoms with E-state index in [2.05, 4.69) is 5.32 Å². The smallest absolute Gasteiger partial charge is 0.170 e.